The van der Waals surface area contributed by atoms with Gasteiger partial charge in [0.15, 0.2) is 0 Å². The van der Waals surface area contributed by atoms with Gasteiger partial charge < -0.3 is 10.6 Å². The maximum Gasteiger partial charge on any atom is 0.270 e. The predicted octanol–water partition coefficient (Wildman–Crippen LogP) is 4.46. The number of nitrogens with one attached hydrogen (secondary N) is 2. The van der Waals surface area contributed by atoms with Crippen molar-refractivity contribution in [3.8, 4) is 0 Å². The molecule has 2 aromatic carbocycles. The van der Waals surface area contributed by atoms with E-state index in [1.54, 1.807) is 36.5 Å². The van der Waals surface area contributed by atoms with Gasteiger partial charge >= 0.3 is 0 Å². The first-order valence-corrected chi connectivity index (χ1v) is 8.96. The summed E-state index contributed by atoms with van der Waals surface area (Å²) in [7, 11) is 0. The maximum atomic E-state index is 13.6. The minimum Gasteiger partial charge on any atom is -0.383 e. The summed E-state index contributed by atoms with van der Waals surface area (Å²) in [4.78, 5) is 16.4. The van der Waals surface area contributed by atoms with E-state index in [0.717, 1.165) is 11.3 Å². The molecule has 0 radical (unpaired) electrons. The number of hydrogen-bond donors (Lipinski definition) is 2. The second-order valence-electron chi connectivity index (χ2n) is 5.97. The number of halogens is 2. The standard InChI is InChI=1S/C21H19ClFN3O/c22-18-7-3-1-6-16(18)13-26-21(27)20-10-9-17(14-25-20)24-12-11-15-5-2-4-8-19(15)23/h1-10,14,24H,11-13H2,(H,26,27). The first-order valence-electron chi connectivity index (χ1n) is 8.58. The van der Waals surface area contributed by atoms with Crippen molar-refractivity contribution >= 4 is 23.2 Å². The van der Waals surface area contributed by atoms with Crippen LogP contribution in [0, 0.1) is 5.82 Å². The predicted molar refractivity (Wildman–Crippen MR) is 105 cm³/mol. The number of hydrogen-bond acceptors (Lipinski definition) is 3. The second kappa shape index (κ2) is 9.14. The largest absolute Gasteiger partial charge is 0.383 e. The van der Waals surface area contributed by atoms with E-state index in [1.165, 1.54) is 6.07 Å². The van der Waals surface area contributed by atoms with Gasteiger partial charge in [0.1, 0.15) is 11.5 Å². The normalized spacial score (nSPS) is 10.4. The number of nitrogens with zero attached hydrogens (tertiary/aromatic N) is 1. The Hall–Kier alpha value is -2.92. The van der Waals surface area contributed by atoms with E-state index in [-0.39, 0.29) is 11.7 Å². The van der Waals surface area contributed by atoms with Crippen LogP contribution in [-0.4, -0.2) is 17.4 Å². The van der Waals surface area contributed by atoms with Crippen LogP contribution in [0.3, 0.4) is 0 Å². The van der Waals surface area contributed by atoms with E-state index in [2.05, 4.69) is 15.6 Å². The Morgan fingerprint density at radius 3 is 2.44 bits per heavy atom. The lowest BCUT2D eigenvalue weighted by atomic mass is 10.1. The van der Waals surface area contributed by atoms with Gasteiger partial charge in [-0.3, -0.25) is 4.79 Å². The fourth-order valence-electron chi connectivity index (χ4n) is 2.58. The molecule has 2 N–H and O–H groups in total. The van der Waals surface area contributed by atoms with Crippen molar-refractivity contribution in [2.24, 2.45) is 0 Å². The molecule has 0 spiro atoms. The smallest absolute Gasteiger partial charge is 0.270 e. The molecule has 0 aliphatic carbocycles. The van der Waals surface area contributed by atoms with Crippen molar-refractivity contribution in [1.29, 1.82) is 0 Å². The Kier molecular flexibility index (Phi) is 6.39. The van der Waals surface area contributed by atoms with Gasteiger partial charge in [-0.05, 0) is 41.8 Å². The Bertz CT molecular complexity index is 915. The summed E-state index contributed by atoms with van der Waals surface area (Å²) in [5.41, 5.74) is 2.60. The molecular weight excluding hydrogens is 365 g/mol. The molecule has 0 saturated carbocycles. The summed E-state index contributed by atoms with van der Waals surface area (Å²) in [6.45, 7) is 0.906. The van der Waals surface area contributed by atoms with Gasteiger partial charge in [0.05, 0.1) is 11.9 Å². The quantitative estimate of drug-likeness (QED) is 0.633. The van der Waals surface area contributed by atoms with E-state index in [0.29, 0.717) is 35.8 Å². The van der Waals surface area contributed by atoms with Gasteiger partial charge in [-0.1, -0.05) is 48.0 Å². The van der Waals surface area contributed by atoms with Crippen molar-refractivity contribution in [1.82, 2.24) is 10.3 Å². The molecule has 0 fully saturated rings. The minimum atomic E-state index is -0.271. The van der Waals surface area contributed by atoms with Crippen LogP contribution in [0.2, 0.25) is 5.02 Å². The van der Waals surface area contributed by atoms with E-state index in [1.807, 2.05) is 24.3 Å². The molecule has 1 heterocycles. The Balaban J connectivity index is 1.50. The number of amides is 1. The molecule has 0 unspecified atom stereocenters. The fourth-order valence-corrected chi connectivity index (χ4v) is 2.79. The first kappa shape index (κ1) is 18.9. The van der Waals surface area contributed by atoms with Crippen LogP contribution >= 0.6 is 11.6 Å². The van der Waals surface area contributed by atoms with Crippen LogP contribution in [0.1, 0.15) is 21.6 Å². The van der Waals surface area contributed by atoms with Crippen molar-refractivity contribution < 1.29 is 9.18 Å². The molecule has 0 bridgehead atoms. The van der Waals surface area contributed by atoms with Crippen molar-refractivity contribution in [3.63, 3.8) is 0 Å². The van der Waals surface area contributed by atoms with Crippen LogP contribution in [0.4, 0.5) is 10.1 Å². The van der Waals surface area contributed by atoms with Crippen molar-refractivity contribution in [2.45, 2.75) is 13.0 Å². The molecule has 3 rings (SSSR count). The molecular formula is C21H19ClFN3O. The van der Waals surface area contributed by atoms with Crippen LogP contribution in [0.25, 0.3) is 0 Å². The summed E-state index contributed by atoms with van der Waals surface area (Å²) in [5.74, 6) is -0.476. The molecule has 1 aromatic heterocycles. The SMILES string of the molecule is O=C(NCc1ccccc1Cl)c1ccc(NCCc2ccccc2F)cn1. The monoisotopic (exact) mass is 383 g/mol. The first-order chi connectivity index (χ1) is 13.1. The lowest BCUT2D eigenvalue weighted by Gasteiger charge is -2.09. The average Bonchev–Trinajstić information content (AvgIpc) is 2.69. The summed E-state index contributed by atoms with van der Waals surface area (Å²) in [6.07, 6.45) is 2.15. The Labute approximate surface area is 162 Å². The van der Waals surface area contributed by atoms with Gasteiger partial charge in [-0.25, -0.2) is 9.37 Å². The fraction of sp³-hybridized carbons (Fsp3) is 0.143. The average molecular weight is 384 g/mol. The zero-order valence-electron chi connectivity index (χ0n) is 14.6. The highest BCUT2D eigenvalue weighted by molar-refractivity contribution is 6.31. The number of pyridine rings is 1. The molecule has 3 aromatic rings. The van der Waals surface area contributed by atoms with Crippen LogP contribution in [0.5, 0.6) is 0 Å². The van der Waals surface area contributed by atoms with Crippen LogP contribution < -0.4 is 10.6 Å². The summed E-state index contributed by atoms with van der Waals surface area (Å²) in [5, 5.41) is 6.58. The highest BCUT2D eigenvalue weighted by Crippen LogP contribution is 2.15. The minimum absolute atomic E-state index is 0.206. The zero-order valence-corrected chi connectivity index (χ0v) is 15.3. The number of anilines is 1. The third kappa shape index (κ3) is 5.28. The van der Waals surface area contributed by atoms with Gasteiger partial charge in [0.25, 0.3) is 5.91 Å². The lowest BCUT2D eigenvalue weighted by Crippen LogP contribution is -2.24. The Morgan fingerprint density at radius 1 is 1.00 bits per heavy atom. The van der Waals surface area contributed by atoms with E-state index in [4.69, 9.17) is 11.6 Å². The van der Waals surface area contributed by atoms with Gasteiger partial charge in [-0.15, -0.1) is 0 Å². The molecule has 27 heavy (non-hydrogen) atoms. The van der Waals surface area contributed by atoms with Crippen molar-refractivity contribution in [3.05, 3.63) is 94.5 Å². The molecule has 0 aliphatic rings. The highest BCUT2D eigenvalue weighted by atomic mass is 35.5. The molecule has 138 valence electrons. The third-order valence-electron chi connectivity index (χ3n) is 4.07. The molecule has 4 nitrogen and oxygen atoms in total. The molecule has 0 atom stereocenters. The number of carbonyl (C=O) groups excluding carboxylic acids is 1. The zero-order chi connectivity index (χ0) is 19.1. The maximum absolute atomic E-state index is 13.6. The van der Waals surface area contributed by atoms with Gasteiger partial charge in [0, 0.05) is 18.1 Å². The Morgan fingerprint density at radius 2 is 1.74 bits per heavy atom. The molecule has 6 heteroatoms. The van der Waals surface area contributed by atoms with Crippen molar-refractivity contribution in [2.75, 3.05) is 11.9 Å². The second-order valence-corrected chi connectivity index (χ2v) is 6.38. The number of rotatable bonds is 7. The summed E-state index contributed by atoms with van der Waals surface area (Å²) >= 11 is 6.08. The van der Waals surface area contributed by atoms with E-state index in [9.17, 15) is 9.18 Å². The lowest BCUT2D eigenvalue weighted by molar-refractivity contribution is 0.0946. The van der Waals surface area contributed by atoms with E-state index < -0.39 is 0 Å². The van der Waals surface area contributed by atoms with Gasteiger partial charge in [-0.2, -0.15) is 0 Å². The van der Waals surface area contributed by atoms with E-state index >= 15 is 0 Å². The van der Waals surface area contributed by atoms with Crippen LogP contribution in [0.15, 0.2) is 66.9 Å². The number of benzene rings is 2. The van der Waals surface area contributed by atoms with Crippen LogP contribution in [-0.2, 0) is 13.0 Å². The third-order valence-corrected chi connectivity index (χ3v) is 4.44. The van der Waals surface area contributed by atoms with Gasteiger partial charge in [0.2, 0.25) is 0 Å². The molecule has 0 aliphatic heterocycles. The summed E-state index contributed by atoms with van der Waals surface area (Å²) < 4.78 is 13.6. The molecule has 0 saturated heterocycles. The topological polar surface area (TPSA) is 54.0 Å². The summed E-state index contributed by atoms with van der Waals surface area (Å²) in [6, 6.07) is 17.5. The number of aromatic nitrogens is 1. The molecule has 1 amide bonds. The highest BCUT2D eigenvalue weighted by Gasteiger charge is 2.08. The number of carbonyl (C=O) groups is 1.